The smallest absolute Gasteiger partial charge is 0.266 e. The third-order valence-corrected chi connectivity index (χ3v) is 5.23. The van der Waals surface area contributed by atoms with E-state index in [0.29, 0.717) is 22.4 Å². The first-order valence-electron chi connectivity index (χ1n) is 7.73. The van der Waals surface area contributed by atoms with Crippen molar-refractivity contribution in [1.82, 2.24) is 4.98 Å². The first-order chi connectivity index (χ1) is 12.1. The van der Waals surface area contributed by atoms with Gasteiger partial charge in [0.25, 0.3) is 5.56 Å². The number of thiophene rings is 1. The molecule has 2 aromatic heterocycles. The van der Waals surface area contributed by atoms with E-state index in [2.05, 4.69) is 4.98 Å². The van der Waals surface area contributed by atoms with E-state index >= 15 is 0 Å². The summed E-state index contributed by atoms with van der Waals surface area (Å²) in [7, 11) is 1.51. The van der Waals surface area contributed by atoms with E-state index in [-0.39, 0.29) is 23.5 Å². The molecule has 0 aliphatic heterocycles. The maximum atomic E-state index is 14.6. The molecule has 3 N–H and O–H groups in total. The molecule has 0 aliphatic rings. The highest BCUT2D eigenvalue weighted by Gasteiger charge is 2.19. The van der Waals surface area contributed by atoms with E-state index in [0.717, 1.165) is 22.1 Å². The number of fused-ring (bicyclic) bond motifs is 3. The van der Waals surface area contributed by atoms with Gasteiger partial charge in [0, 0.05) is 28.9 Å². The summed E-state index contributed by atoms with van der Waals surface area (Å²) in [5, 5.41) is 3.20. The van der Waals surface area contributed by atoms with Crippen molar-refractivity contribution in [3.8, 4) is 16.9 Å². The lowest BCUT2D eigenvalue weighted by Crippen LogP contribution is -2.06. The van der Waals surface area contributed by atoms with Gasteiger partial charge < -0.3 is 15.5 Å². The molecule has 0 radical (unpaired) electrons. The van der Waals surface area contributed by atoms with Gasteiger partial charge in [0.1, 0.15) is 10.4 Å². The summed E-state index contributed by atoms with van der Waals surface area (Å²) in [6.07, 6.45) is 0. The molecule has 0 bridgehead atoms. The van der Waals surface area contributed by atoms with Crippen molar-refractivity contribution >= 4 is 44.7 Å². The molecule has 0 saturated heterocycles. The predicted molar refractivity (Wildman–Crippen MR) is 107 cm³/mol. The number of halogens is 2. The number of H-pyrrole nitrogens is 1. The number of hydrogen-bond donors (Lipinski definition) is 2. The van der Waals surface area contributed by atoms with Crippen LogP contribution in [0.5, 0.6) is 5.75 Å². The number of pyridine rings is 1. The predicted octanol–water partition coefficient (Wildman–Crippen LogP) is 4.44. The van der Waals surface area contributed by atoms with Crippen molar-refractivity contribution in [2.24, 2.45) is 5.73 Å². The van der Waals surface area contributed by atoms with Crippen LogP contribution in [0.4, 0.5) is 4.39 Å². The zero-order valence-corrected chi connectivity index (χ0v) is 15.5. The number of methoxy groups -OCH3 is 1. The van der Waals surface area contributed by atoms with Crippen LogP contribution in [0.1, 0.15) is 5.56 Å². The molecular formula is C19H16ClFN2O2S. The molecule has 0 amide bonds. The number of nitrogens with two attached hydrogens (primary N) is 1. The van der Waals surface area contributed by atoms with Crippen LogP contribution in [0.15, 0.2) is 46.6 Å². The van der Waals surface area contributed by atoms with Gasteiger partial charge in [0.05, 0.1) is 12.6 Å². The molecule has 0 atom stereocenters. The summed E-state index contributed by atoms with van der Waals surface area (Å²) >= 11 is 1.33. The third-order valence-electron chi connectivity index (χ3n) is 4.32. The molecule has 2 heterocycles. The normalized spacial score (nSPS) is 10.9. The van der Waals surface area contributed by atoms with Gasteiger partial charge in [-0.2, -0.15) is 0 Å². The Hall–Kier alpha value is -2.41. The van der Waals surface area contributed by atoms with E-state index in [9.17, 15) is 9.18 Å². The summed E-state index contributed by atoms with van der Waals surface area (Å²) in [5.41, 5.74) is 8.20. The van der Waals surface area contributed by atoms with Gasteiger partial charge in [-0.3, -0.25) is 4.79 Å². The Morgan fingerprint density at radius 3 is 2.62 bits per heavy atom. The molecule has 4 aromatic rings. The van der Waals surface area contributed by atoms with E-state index < -0.39 is 5.82 Å². The van der Waals surface area contributed by atoms with E-state index in [1.54, 1.807) is 0 Å². The minimum absolute atomic E-state index is 0. The molecule has 0 saturated carbocycles. The molecule has 0 fully saturated rings. The average Bonchev–Trinajstić information content (AvgIpc) is 3.13. The third kappa shape index (κ3) is 2.76. The highest BCUT2D eigenvalue weighted by molar-refractivity contribution is 7.17. The lowest BCUT2D eigenvalue weighted by Gasteiger charge is -2.14. The summed E-state index contributed by atoms with van der Waals surface area (Å²) in [5.74, 6) is -0.0931. The standard InChI is InChI=1S/C19H15FN2O2S.ClH/c1-24-14-8-13(20)17-16(12-6-7-25-18(12)19(23)22-17)15(14)11-4-2-10(9-21)3-5-11;/h2-8H,9,21H2,1H3,(H,22,23);1H. The number of hydrogen-bond acceptors (Lipinski definition) is 4. The first kappa shape index (κ1) is 18.4. The zero-order valence-electron chi connectivity index (χ0n) is 13.8. The van der Waals surface area contributed by atoms with Crippen molar-refractivity contribution in [1.29, 1.82) is 0 Å². The molecule has 2 aromatic carbocycles. The van der Waals surface area contributed by atoms with E-state index in [1.165, 1.54) is 24.5 Å². The number of rotatable bonds is 3. The lowest BCUT2D eigenvalue weighted by atomic mass is 9.96. The van der Waals surface area contributed by atoms with Crippen LogP contribution >= 0.6 is 23.7 Å². The van der Waals surface area contributed by atoms with E-state index in [1.807, 2.05) is 35.7 Å². The maximum absolute atomic E-state index is 14.6. The number of benzene rings is 2. The molecule has 26 heavy (non-hydrogen) atoms. The fraction of sp³-hybridized carbons (Fsp3) is 0.105. The van der Waals surface area contributed by atoms with E-state index in [4.69, 9.17) is 10.5 Å². The van der Waals surface area contributed by atoms with Gasteiger partial charge >= 0.3 is 0 Å². The Labute approximate surface area is 158 Å². The Kier molecular flexibility index (Phi) is 5.00. The molecule has 0 aliphatic carbocycles. The SMILES string of the molecule is COc1cc(F)c2[nH]c(=O)c3sccc3c2c1-c1ccc(CN)cc1.Cl. The van der Waals surface area contributed by atoms with Crippen LogP contribution in [0.3, 0.4) is 0 Å². The Morgan fingerprint density at radius 2 is 1.96 bits per heavy atom. The van der Waals surface area contributed by atoms with Crippen LogP contribution < -0.4 is 16.0 Å². The summed E-state index contributed by atoms with van der Waals surface area (Å²) < 4.78 is 20.6. The molecule has 4 nitrogen and oxygen atoms in total. The van der Waals surface area contributed by atoms with Gasteiger partial charge in [-0.05, 0) is 22.6 Å². The number of ether oxygens (including phenoxy) is 1. The van der Waals surface area contributed by atoms with Gasteiger partial charge in [0.15, 0.2) is 5.82 Å². The minimum Gasteiger partial charge on any atom is -0.496 e. The maximum Gasteiger partial charge on any atom is 0.266 e. The molecule has 4 rings (SSSR count). The highest BCUT2D eigenvalue weighted by atomic mass is 35.5. The summed E-state index contributed by atoms with van der Waals surface area (Å²) in [6.45, 7) is 0.448. The zero-order chi connectivity index (χ0) is 17.6. The average molecular weight is 391 g/mol. The van der Waals surface area contributed by atoms with Crippen molar-refractivity contribution in [2.75, 3.05) is 7.11 Å². The number of nitrogens with one attached hydrogen (secondary N) is 1. The number of aromatic amines is 1. The van der Waals surface area contributed by atoms with Gasteiger partial charge in [-0.1, -0.05) is 24.3 Å². The van der Waals surface area contributed by atoms with Crippen LogP contribution in [-0.2, 0) is 6.54 Å². The highest BCUT2D eigenvalue weighted by Crippen LogP contribution is 2.41. The largest absolute Gasteiger partial charge is 0.496 e. The van der Waals surface area contributed by atoms with Gasteiger partial charge in [0.2, 0.25) is 0 Å². The fourth-order valence-electron chi connectivity index (χ4n) is 3.13. The molecule has 7 heteroatoms. The second-order valence-electron chi connectivity index (χ2n) is 5.70. The van der Waals surface area contributed by atoms with Gasteiger partial charge in [-0.25, -0.2) is 4.39 Å². The van der Waals surface area contributed by atoms with Crippen LogP contribution in [-0.4, -0.2) is 12.1 Å². The van der Waals surface area contributed by atoms with Crippen molar-refractivity contribution < 1.29 is 9.13 Å². The monoisotopic (exact) mass is 390 g/mol. The molecule has 0 spiro atoms. The second-order valence-corrected chi connectivity index (χ2v) is 6.62. The Balaban J connectivity index is 0.00000196. The van der Waals surface area contributed by atoms with Crippen molar-refractivity contribution in [3.63, 3.8) is 0 Å². The Bertz CT molecular complexity index is 1150. The summed E-state index contributed by atoms with van der Waals surface area (Å²) in [6, 6.07) is 10.9. The number of aromatic nitrogens is 1. The van der Waals surface area contributed by atoms with Crippen molar-refractivity contribution in [2.45, 2.75) is 6.54 Å². The fourth-order valence-corrected chi connectivity index (χ4v) is 3.92. The van der Waals surface area contributed by atoms with Crippen LogP contribution in [0.25, 0.3) is 32.1 Å². The first-order valence-corrected chi connectivity index (χ1v) is 8.61. The quantitative estimate of drug-likeness (QED) is 0.543. The Morgan fingerprint density at radius 1 is 1.23 bits per heavy atom. The van der Waals surface area contributed by atoms with Crippen LogP contribution in [0.2, 0.25) is 0 Å². The lowest BCUT2D eigenvalue weighted by molar-refractivity contribution is 0.414. The topological polar surface area (TPSA) is 68.1 Å². The second kappa shape index (κ2) is 7.07. The van der Waals surface area contributed by atoms with Crippen molar-refractivity contribution in [3.05, 3.63) is 63.5 Å². The molecule has 0 unspecified atom stereocenters. The van der Waals surface area contributed by atoms with Gasteiger partial charge in [-0.15, -0.1) is 23.7 Å². The minimum atomic E-state index is -0.514. The van der Waals surface area contributed by atoms with Crippen LogP contribution in [0, 0.1) is 5.82 Å². The summed E-state index contributed by atoms with van der Waals surface area (Å²) in [4.78, 5) is 14.9. The molecular weight excluding hydrogens is 375 g/mol. The molecule has 134 valence electrons.